The maximum Gasteiger partial charge on any atom is 0.241 e. The largest absolute Gasteiger partial charge is 0.375 e. The van der Waals surface area contributed by atoms with Gasteiger partial charge in [0.25, 0.3) is 0 Å². The molecule has 1 amide bonds. The van der Waals surface area contributed by atoms with Gasteiger partial charge < -0.3 is 20.4 Å². The average Bonchev–Trinajstić information content (AvgIpc) is 3.11. The Hall–Kier alpha value is -2.37. The zero-order valence-corrected chi connectivity index (χ0v) is 19.8. The number of anilines is 1. The second-order valence-electron chi connectivity index (χ2n) is 6.64. The summed E-state index contributed by atoms with van der Waals surface area (Å²) in [5.74, 6) is 1.32. The molecule has 1 aromatic carbocycles. The molecule has 0 unspecified atom stereocenters. The maximum absolute atomic E-state index is 11.9. The molecule has 0 fully saturated rings. The summed E-state index contributed by atoms with van der Waals surface area (Å²) in [6.07, 6.45) is 2.43. The lowest BCUT2D eigenvalue weighted by atomic mass is 10.3. The number of nitrogens with zero attached hydrogens (tertiary/aromatic N) is 6. The van der Waals surface area contributed by atoms with Gasteiger partial charge in [-0.25, -0.2) is 9.98 Å². The zero-order chi connectivity index (χ0) is 20.4. The number of halogens is 1. The molecule has 0 aliphatic carbocycles. The SMILES string of the molecule is CN(C)C(=O)CNC(=NCc1ncnn1C)NCCCN(C)c1ccccc1.I. The minimum Gasteiger partial charge on any atom is -0.375 e. The molecule has 0 radical (unpaired) electrons. The summed E-state index contributed by atoms with van der Waals surface area (Å²) in [6, 6.07) is 10.3. The summed E-state index contributed by atoms with van der Waals surface area (Å²) in [5, 5.41) is 10.4. The minimum atomic E-state index is -0.0167. The van der Waals surface area contributed by atoms with E-state index < -0.39 is 0 Å². The van der Waals surface area contributed by atoms with E-state index in [9.17, 15) is 4.79 Å². The number of aryl methyl sites for hydroxylation is 1. The van der Waals surface area contributed by atoms with Crippen LogP contribution in [0.5, 0.6) is 0 Å². The second-order valence-corrected chi connectivity index (χ2v) is 6.64. The molecule has 2 rings (SSSR count). The number of amides is 1. The number of guanidine groups is 1. The molecular weight excluding hydrogens is 483 g/mol. The molecule has 2 aromatic rings. The highest BCUT2D eigenvalue weighted by molar-refractivity contribution is 14.0. The predicted molar refractivity (Wildman–Crippen MR) is 127 cm³/mol. The molecule has 0 bridgehead atoms. The number of carbonyl (C=O) groups excluding carboxylic acids is 1. The number of likely N-dealkylation sites (N-methyl/N-ethyl adjacent to an activating group) is 1. The van der Waals surface area contributed by atoms with E-state index in [1.54, 1.807) is 23.7 Å². The van der Waals surface area contributed by atoms with E-state index in [1.807, 2.05) is 25.2 Å². The van der Waals surface area contributed by atoms with Crippen LogP contribution in [0.3, 0.4) is 0 Å². The second kappa shape index (κ2) is 13.0. The third kappa shape index (κ3) is 8.67. The first kappa shape index (κ1) is 24.7. The summed E-state index contributed by atoms with van der Waals surface area (Å²) in [7, 11) is 7.36. The van der Waals surface area contributed by atoms with Gasteiger partial charge in [0.15, 0.2) is 5.96 Å². The van der Waals surface area contributed by atoms with Crippen molar-refractivity contribution in [3.63, 3.8) is 0 Å². The first-order valence-corrected chi connectivity index (χ1v) is 9.28. The van der Waals surface area contributed by atoms with Gasteiger partial charge in [-0.05, 0) is 18.6 Å². The Bertz CT molecular complexity index is 763. The van der Waals surface area contributed by atoms with Crippen LogP contribution in [0.1, 0.15) is 12.2 Å². The number of carbonyl (C=O) groups is 1. The minimum absolute atomic E-state index is 0. The topological polar surface area (TPSA) is 90.7 Å². The Morgan fingerprint density at radius 1 is 1.17 bits per heavy atom. The van der Waals surface area contributed by atoms with Crippen molar-refractivity contribution in [3.05, 3.63) is 42.5 Å². The quantitative estimate of drug-likeness (QED) is 0.225. The van der Waals surface area contributed by atoms with Gasteiger partial charge in [0, 0.05) is 47.0 Å². The fourth-order valence-corrected chi connectivity index (χ4v) is 2.44. The molecule has 160 valence electrons. The zero-order valence-electron chi connectivity index (χ0n) is 17.5. The van der Waals surface area contributed by atoms with Gasteiger partial charge in [0.2, 0.25) is 5.91 Å². The first-order chi connectivity index (χ1) is 13.5. The molecule has 0 atom stereocenters. The monoisotopic (exact) mass is 514 g/mol. The van der Waals surface area contributed by atoms with Gasteiger partial charge in [-0.3, -0.25) is 9.48 Å². The molecule has 2 N–H and O–H groups in total. The Morgan fingerprint density at radius 3 is 2.52 bits per heavy atom. The highest BCUT2D eigenvalue weighted by atomic mass is 127. The van der Waals surface area contributed by atoms with E-state index in [0.29, 0.717) is 12.5 Å². The van der Waals surface area contributed by atoms with Crippen molar-refractivity contribution in [1.82, 2.24) is 30.3 Å². The Kier molecular flexibility index (Phi) is 11.0. The van der Waals surface area contributed by atoms with Gasteiger partial charge in [0.05, 0.1) is 6.54 Å². The van der Waals surface area contributed by atoms with Crippen molar-refractivity contribution in [2.45, 2.75) is 13.0 Å². The lowest BCUT2D eigenvalue weighted by Gasteiger charge is -2.20. The van der Waals surface area contributed by atoms with E-state index in [1.165, 1.54) is 12.0 Å². The number of nitrogens with one attached hydrogen (secondary N) is 2. The number of aliphatic imine (C=N–C) groups is 1. The Morgan fingerprint density at radius 2 is 1.90 bits per heavy atom. The van der Waals surface area contributed by atoms with Crippen molar-refractivity contribution < 1.29 is 4.79 Å². The van der Waals surface area contributed by atoms with Gasteiger partial charge in [-0.2, -0.15) is 5.10 Å². The number of para-hydroxylation sites is 1. The third-order valence-electron chi connectivity index (χ3n) is 4.25. The van der Waals surface area contributed by atoms with Crippen LogP contribution in [0.2, 0.25) is 0 Å². The standard InChI is InChI=1S/C19H30N8O.HI/c1-25(2)18(28)14-22-19(21-13-17-23-15-24-27(17)4)20-11-8-12-26(3)16-9-6-5-7-10-16;/h5-7,9-10,15H,8,11-14H2,1-4H3,(H2,20,21,22);1H. The molecule has 1 aromatic heterocycles. The van der Waals surface area contributed by atoms with Gasteiger partial charge >= 0.3 is 0 Å². The summed E-state index contributed by atoms with van der Waals surface area (Å²) in [6.45, 7) is 2.20. The molecule has 0 saturated heterocycles. The summed E-state index contributed by atoms with van der Waals surface area (Å²) >= 11 is 0. The van der Waals surface area contributed by atoms with E-state index in [0.717, 1.165) is 25.3 Å². The number of rotatable bonds is 9. The van der Waals surface area contributed by atoms with Crippen LogP contribution in [0.15, 0.2) is 41.7 Å². The molecular formula is C19H31IN8O. The van der Waals surface area contributed by atoms with Gasteiger partial charge in [-0.15, -0.1) is 24.0 Å². The molecule has 1 heterocycles. The summed E-state index contributed by atoms with van der Waals surface area (Å²) in [4.78, 5) is 24.3. The molecule has 0 aliphatic heterocycles. The smallest absolute Gasteiger partial charge is 0.241 e. The normalized spacial score (nSPS) is 10.8. The van der Waals surface area contributed by atoms with E-state index in [2.05, 4.69) is 49.8 Å². The van der Waals surface area contributed by atoms with Crippen LogP contribution in [-0.4, -0.2) is 72.3 Å². The van der Waals surface area contributed by atoms with Crippen LogP contribution in [-0.2, 0) is 18.4 Å². The maximum atomic E-state index is 11.9. The molecule has 29 heavy (non-hydrogen) atoms. The van der Waals surface area contributed by atoms with E-state index >= 15 is 0 Å². The molecule has 0 spiro atoms. The average molecular weight is 514 g/mol. The van der Waals surface area contributed by atoms with Crippen LogP contribution < -0.4 is 15.5 Å². The van der Waals surface area contributed by atoms with Crippen molar-refractivity contribution in [3.8, 4) is 0 Å². The van der Waals surface area contributed by atoms with E-state index in [4.69, 9.17) is 0 Å². The number of aromatic nitrogens is 3. The lowest BCUT2D eigenvalue weighted by Crippen LogP contribution is -2.43. The van der Waals surface area contributed by atoms with Gasteiger partial charge in [0.1, 0.15) is 18.7 Å². The van der Waals surface area contributed by atoms with Crippen molar-refractivity contribution in [2.75, 3.05) is 45.7 Å². The highest BCUT2D eigenvalue weighted by Gasteiger charge is 2.07. The molecule has 10 heteroatoms. The lowest BCUT2D eigenvalue weighted by molar-refractivity contribution is -0.127. The molecule has 9 nitrogen and oxygen atoms in total. The van der Waals surface area contributed by atoms with Crippen LogP contribution in [0.25, 0.3) is 0 Å². The van der Waals surface area contributed by atoms with Gasteiger partial charge in [-0.1, -0.05) is 18.2 Å². The summed E-state index contributed by atoms with van der Waals surface area (Å²) < 4.78 is 1.68. The Balaban J connectivity index is 0.00000420. The number of hydrogen-bond donors (Lipinski definition) is 2. The fraction of sp³-hybridized carbons (Fsp3) is 0.474. The number of hydrogen-bond acceptors (Lipinski definition) is 5. The molecule has 0 aliphatic rings. The van der Waals surface area contributed by atoms with E-state index in [-0.39, 0.29) is 36.4 Å². The summed E-state index contributed by atoms with van der Waals surface area (Å²) in [5.41, 5.74) is 1.19. The first-order valence-electron chi connectivity index (χ1n) is 9.28. The third-order valence-corrected chi connectivity index (χ3v) is 4.25. The predicted octanol–water partition coefficient (Wildman–Crippen LogP) is 1.08. The Labute approximate surface area is 189 Å². The van der Waals surface area contributed by atoms with Crippen molar-refractivity contribution in [1.29, 1.82) is 0 Å². The molecule has 0 saturated carbocycles. The van der Waals surface area contributed by atoms with Crippen molar-refractivity contribution in [2.24, 2.45) is 12.0 Å². The van der Waals surface area contributed by atoms with Crippen LogP contribution >= 0.6 is 24.0 Å². The van der Waals surface area contributed by atoms with Crippen LogP contribution in [0, 0.1) is 0 Å². The van der Waals surface area contributed by atoms with Crippen LogP contribution in [0.4, 0.5) is 5.69 Å². The fourth-order valence-electron chi connectivity index (χ4n) is 2.44. The number of benzene rings is 1. The van der Waals surface area contributed by atoms with Crippen molar-refractivity contribution >= 4 is 41.5 Å². The highest BCUT2D eigenvalue weighted by Crippen LogP contribution is 2.10.